The van der Waals surface area contributed by atoms with Crippen molar-refractivity contribution >= 4 is 27.6 Å². The Morgan fingerprint density at radius 3 is 2.88 bits per heavy atom. The van der Waals surface area contributed by atoms with Crippen molar-refractivity contribution in [2.45, 2.75) is 13.8 Å². The molecule has 4 aromatic rings. The number of rotatable bonds is 5. The van der Waals surface area contributed by atoms with Gasteiger partial charge >= 0.3 is 0 Å². The SMILES string of the molecule is Cn1ncc2c(NCC(C)(C)CO)cc(-c3cccc4[nH]ncc34)nc21. The van der Waals surface area contributed by atoms with Crippen molar-refractivity contribution in [2.24, 2.45) is 12.5 Å². The van der Waals surface area contributed by atoms with E-state index in [0.29, 0.717) is 6.54 Å². The normalized spacial score (nSPS) is 12.2. The minimum atomic E-state index is -0.220. The van der Waals surface area contributed by atoms with Crippen molar-refractivity contribution in [1.82, 2.24) is 25.0 Å². The molecule has 1 aromatic carbocycles. The lowest BCUT2D eigenvalue weighted by molar-refractivity contribution is 0.171. The molecule has 0 saturated carbocycles. The molecule has 0 spiro atoms. The van der Waals surface area contributed by atoms with Crippen molar-refractivity contribution in [3.63, 3.8) is 0 Å². The molecular weight excluding hydrogens is 328 g/mol. The number of H-pyrrole nitrogens is 1. The molecule has 134 valence electrons. The van der Waals surface area contributed by atoms with Crippen LogP contribution in [0.5, 0.6) is 0 Å². The highest BCUT2D eigenvalue weighted by molar-refractivity contribution is 5.97. The summed E-state index contributed by atoms with van der Waals surface area (Å²) in [5.41, 5.74) is 4.40. The fourth-order valence-corrected chi connectivity index (χ4v) is 2.98. The average molecular weight is 350 g/mol. The predicted octanol–water partition coefficient (Wildman–Crippen LogP) is 2.94. The fraction of sp³-hybridized carbons (Fsp3) is 0.316. The van der Waals surface area contributed by atoms with Crippen LogP contribution in [0.3, 0.4) is 0 Å². The average Bonchev–Trinajstić information content (AvgIpc) is 3.26. The molecule has 0 fully saturated rings. The molecule has 7 nitrogen and oxygen atoms in total. The van der Waals surface area contributed by atoms with Gasteiger partial charge in [-0.3, -0.25) is 9.78 Å². The van der Waals surface area contributed by atoms with E-state index in [9.17, 15) is 5.11 Å². The van der Waals surface area contributed by atoms with Crippen molar-refractivity contribution in [1.29, 1.82) is 0 Å². The first-order valence-corrected chi connectivity index (χ1v) is 8.58. The van der Waals surface area contributed by atoms with Crippen LogP contribution in [0.2, 0.25) is 0 Å². The van der Waals surface area contributed by atoms with Gasteiger partial charge in [-0.15, -0.1) is 0 Å². The predicted molar refractivity (Wildman–Crippen MR) is 103 cm³/mol. The highest BCUT2D eigenvalue weighted by Crippen LogP contribution is 2.32. The Labute approximate surface area is 151 Å². The van der Waals surface area contributed by atoms with Gasteiger partial charge in [0.05, 0.1) is 29.0 Å². The van der Waals surface area contributed by atoms with Gasteiger partial charge in [0.25, 0.3) is 0 Å². The molecule has 0 amide bonds. The molecule has 3 N–H and O–H groups in total. The summed E-state index contributed by atoms with van der Waals surface area (Å²) in [5.74, 6) is 0. The van der Waals surface area contributed by atoms with Crippen LogP contribution in [-0.2, 0) is 7.05 Å². The van der Waals surface area contributed by atoms with Crippen LogP contribution in [0.4, 0.5) is 5.69 Å². The molecule has 0 aliphatic rings. The van der Waals surface area contributed by atoms with Crippen LogP contribution in [0.15, 0.2) is 36.7 Å². The number of aromatic nitrogens is 5. The number of aryl methyl sites for hydroxylation is 1. The smallest absolute Gasteiger partial charge is 0.160 e. The first-order valence-electron chi connectivity index (χ1n) is 8.58. The molecule has 7 heteroatoms. The molecule has 26 heavy (non-hydrogen) atoms. The van der Waals surface area contributed by atoms with Gasteiger partial charge in [0.2, 0.25) is 0 Å². The second-order valence-corrected chi connectivity index (χ2v) is 7.37. The lowest BCUT2D eigenvalue weighted by Crippen LogP contribution is -2.26. The number of nitrogens with zero attached hydrogens (tertiary/aromatic N) is 4. The number of anilines is 1. The van der Waals surface area contributed by atoms with E-state index in [1.165, 1.54) is 0 Å². The Kier molecular flexibility index (Phi) is 3.88. The summed E-state index contributed by atoms with van der Waals surface area (Å²) in [6.07, 6.45) is 3.64. The third-order valence-corrected chi connectivity index (χ3v) is 4.65. The van der Waals surface area contributed by atoms with E-state index in [-0.39, 0.29) is 12.0 Å². The van der Waals surface area contributed by atoms with Crippen LogP contribution >= 0.6 is 0 Å². The quantitative estimate of drug-likeness (QED) is 0.515. The third-order valence-electron chi connectivity index (χ3n) is 4.65. The number of pyridine rings is 1. The highest BCUT2D eigenvalue weighted by atomic mass is 16.3. The number of nitrogens with one attached hydrogen (secondary N) is 2. The number of aromatic amines is 1. The largest absolute Gasteiger partial charge is 0.396 e. The van der Waals surface area contributed by atoms with Crippen molar-refractivity contribution in [3.8, 4) is 11.3 Å². The molecule has 4 rings (SSSR count). The van der Waals surface area contributed by atoms with Gasteiger partial charge in [-0.1, -0.05) is 26.0 Å². The van der Waals surface area contributed by atoms with E-state index in [4.69, 9.17) is 4.98 Å². The Hall–Kier alpha value is -2.93. The van der Waals surface area contributed by atoms with Crippen LogP contribution in [0.25, 0.3) is 33.2 Å². The molecule has 0 radical (unpaired) electrons. The van der Waals surface area contributed by atoms with Gasteiger partial charge < -0.3 is 10.4 Å². The van der Waals surface area contributed by atoms with Crippen LogP contribution in [0, 0.1) is 5.41 Å². The number of hydrogen-bond acceptors (Lipinski definition) is 5. The van der Waals surface area contributed by atoms with E-state index in [1.54, 1.807) is 4.68 Å². The second kappa shape index (κ2) is 6.10. The zero-order valence-corrected chi connectivity index (χ0v) is 15.1. The second-order valence-electron chi connectivity index (χ2n) is 7.37. The summed E-state index contributed by atoms with van der Waals surface area (Å²) in [7, 11) is 1.89. The first-order chi connectivity index (χ1) is 12.5. The highest BCUT2D eigenvalue weighted by Gasteiger charge is 2.18. The molecular formula is C19H22N6O. The molecule has 0 saturated heterocycles. The van der Waals surface area contributed by atoms with Crippen LogP contribution in [-0.4, -0.2) is 43.2 Å². The maximum Gasteiger partial charge on any atom is 0.160 e. The Bertz CT molecular complexity index is 1080. The van der Waals surface area contributed by atoms with Crippen molar-refractivity contribution < 1.29 is 5.11 Å². The summed E-state index contributed by atoms with van der Waals surface area (Å²) >= 11 is 0. The van der Waals surface area contributed by atoms with E-state index < -0.39 is 0 Å². The van der Waals surface area contributed by atoms with E-state index in [2.05, 4.69) is 20.6 Å². The van der Waals surface area contributed by atoms with Crippen LogP contribution < -0.4 is 5.32 Å². The van der Waals surface area contributed by atoms with Gasteiger partial charge in [0.15, 0.2) is 5.65 Å². The Morgan fingerprint density at radius 1 is 1.23 bits per heavy atom. The number of fused-ring (bicyclic) bond motifs is 2. The lowest BCUT2D eigenvalue weighted by Gasteiger charge is -2.23. The van der Waals surface area contributed by atoms with E-state index in [1.807, 2.05) is 57.6 Å². The maximum absolute atomic E-state index is 9.54. The summed E-state index contributed by atoms with van der Waals surface area (Å²) in [6, 6.07) is 8.08. The minimum Gasteiger partial charge on any atom is -0.396 e. The summed E-state index contributed by atoms with van der Waals surface area (Å²) < 4.78 is 1.77. The van der Waals surface area contributed by atoms with Crippen molar-refractivity contribution in [3.05, 3.63) is 36.7 Å². The molecule has 0 aliphatic carbocycles. The number of benzene rings is 1. The monoisotopic (exact) mass is 350 g/mol. The minimum absolute atomic E-state index is 0.114. The topological polar surface area (TPSA) is 91.7 Å². The van der Waals surface area contributed by atoms with Gasteiger partial charge in [-0.25, -0.2) is 4.98 Å². The lowest BCUT2D eigenvalue weighted by atomic mass is 9.95. The van der Waals surface area contributed by atoms with E-state index in [0.717, 1.165) is 38.9 Å². The first kappa shape index (κ1) is 16.5. The molecule has 0 atom stereocenters. The van der Waals surface area contributed by atoms with Gasteiger partial charge in [0, 0.05) is 42.3 Å². The van der Waals surface area contributed by atoms with Gasteiger partial charge in [0.1, 0.15) is 0 Å². The summed E-state index contributed by atoms with van der Waals surface area (Å²) in [6.45, 7) is 4.80. The van der Waals surface area contributed by atoms with Gasteiger partial charge in [-0.05, 0) is 12.1 Å². The number of hydrogen-bond donors (Lipinski definition) is 3. The zero-order valence-electron chi connectivity index (χ0n) is 15.1. The molecule has 0 unspecified atom stereocenters. The fourth-order valence-electron chi connectivity index (χ4n) is 2.98. The molecule has 3 aromatic heterocycles. The molecule has 0 bridgehead atoms. The number of aliphatic hydroxyl groups excluding tert-OH is 1. The summed E-state index contributed by atoms with van der Waals surface area (Å²) in [4.78, 5) is 4.83. The maximum atomic E-state index is 9.54. The summed E-state index contributed by atoms with van der Waals surface area (Å²) in [5, 5.41) is 26.5. The third kappa shape index (κ3) is 2.80. The molecule has 0 aliphatic heterocycles. The molecule has 3 heterocycles. The van der Waals surface area contributed by atoms with E-state index >= 15 is 0 Å². The Balaban J connectivity index is 1.86. The number of aliphatic hydroxyl groups is 1. The van der Waals surface area contributed by atoms with Crippen molar-refractivity contribution in [2.75, 3.05) is 18.5 Å². The zero-order chi connectivity index (χ0) is 18.3. The standard InChI is InChI=1S/C19H22N6O/c1-19(2,11-26)10-20-16-7-17(23-18-14(16)9-22-25(18)3)12-5-4-6-15-13(12)8-21-24-15/h4-9,26H,10-11H2,1-3H3,(H,20,23)(H,21,24). The Morgan fingerprint density at radius 2 is 2.08 bits per heavy atom. The van der Waals surface area contributed by atoms with Crippen LogP contribution in [0.1, 0.15) is 13.8 Å². The van der Waals surface area contributed by atoms with Gasteiger partial charge in [-0.2, -0.15) is 10.2 Å².